The summed E-state index contributed by atoms with van der Waals surface area (Å²) < 4.78 is 9.31. The van der Waals surface area contributed by atoms with Crippen LogP contribution in [0.1, 0.15) is 51.5 Å². The van der Waals surface area contributed by atoms with Gasteiger partial charge in [0.05, 0.1) is 19.3 Å². The zero-order valence-corrected chi connectivity index (χ0v) is 21.3. The van der Waals surface area contributed by atoms with Gasteiger partial charge in [0.25, 0.3) is 0 Å². The molecule has 0 bridgehead atoms. The second-order valence-electron chi connectivity index (χ2n) is 7.70. The van der Waals surface area contributed by atoms with Crippen molar-refractivity contribution in [3.63, 3.8) is 0 Å². The number of carbonyl (C=O) groups excluding carboxylic acids is 1. The number of rotatable bonds is 13. The van der Waals surface area contributed by atoms with Crippen LogP contribution in [0.2, 0.25) is 0 Å². The molecule has 0 amide bonds. The third kappa shape index (κ3) is 20.0. The van der Waals surface area contributed by atoms with Crippen molar-refractivity contribution in [2.75, 3.05) is 13.2 Å². The van der Waals surface area contributed by atoms with Crippen LogP contribution in [0.5, 0.6) is 0 Å². The fraction of sp³-hybridized carbons (Fsp3) is 0.357. The van der Waals surface area contributed by atoms with Gasteiger partial charge < -0.3 is 24.8 Å². The minimum atomic E-state index is -1.16. The van der Waals surface area contributed by atoms with Crippen molar-refractivity contribution in [2.24, 2.45) is 0 Å². The number of unbranched alkanes of at least 4 members (excludes halogenated alkanes) is 1. The first-order valence-electron chi connectivity index (χ1n) is 11.9. The molecule has 0 aromatic heterocycles. The van der Waals surface area contributed by atoms with E-state index >= 15 is 0 Å². The van der Waals surface area contributed by atoms with Crippen molar-refractivity contribution in [1.29, 1.82) is 0 Å². The SMILES string of the molecule is C=C(CCC1CO1)C(=O)O.CCCCC(=CC=Cc1ccccc1)C(=O)O.CCOC(=O)C=CC(=O)O. The average Bonchev–Trinajstić information content (AvgIpc) is 3.69. The lowest BCUT2D eigenvalue weighted by atomic mass is 10.1. The summed E-state index contributed by atoms with van der Waals surface area (Å²) in [5.41, 5.74) is 1.82. The van der Waals surface area contributed by atoms with Crippen LogP contribution in [-0.2, 0) is 28.7 Å². The molecule has 1 aliphatic heterocycles. The molecule has 1 aromatic carbocycles. The summed E-state index contributed by atoms with van der Waals surface area (Å²) in [4.78, 5) is 41.3. The molecule has 9 heteroatoms. The Labute approximate surface area is 217 Å². The highest BCUT2D eigenvalue weighted by Gasteiger charge is 2.22. The summed E-state index contributed by atoms with van der Waals surface area (Å²) >= 11 is 0. The van der Waals surface area contributed by atoms with E-state index in [1.807, 2.05) is 36.4 Å². The maximum Gasteiger partial charge on any atom is 0.331 e. The first-order valence-corrected chi connectivity index (χ1v) is 11.9. The van der Waals surface area contributed by atoms with Gasteiger partial charge in [-0.2, -0.15) is 0 Å². The first kappa shape index (κ1) is 33.0. The number of allylic oxidation sites excluding steroid dienone is 2. The molecule has 0 saturated carbocycles. The van der Waals surface area contributed by atoms with E-state index in [0.29, 0.717) is 24.5 Å². The summed E-state index contributed by atoms with van der Waals surface area (Å²) in [5.74, 6) is -3.52. The second-order valence-corrected chi connectivity index (χ2v) is 7.70. The second kappa shape index (κ2) is 20.2. The molecular formula is C28H36O9. The summed E-state index contributed by atoms with van der Waals surface area (Å²) in [7, 11) is 0. The highest BCUT2D eigenvalue weighted by Crippen LogP contribution is 2.17. The van der Waals surface area contributed by atoms with Crippen molar-refractivity contribution in [3.05, 3.63) is 77.9 Å². The molecule has 1 saturated heterocycles. The molecule has 1 aliphatic rings. The summed E-state index contributed by atoms with van der Waals surface area (Å²) in [6, 6.07) is 9.84. The van der Waals surface area contributed by atoms with E-state index in [9.17, 15) is 19.2 Å². The van der Waals surface area contributed by atoms with Crippen molar-refractivity contribution in [1.82, 2.24) is 0 Å². The van der Waals surface area contributed by atoms with E-state index in [4.69, 9.17) is 20.1 Å². The molecule has 9 nitrogen and oxygen atoms in total. The molecule has 3 N–H and O–H groups in total. The smallest absolute Gasteiger partial charge is 0.331 e. The van der Waals surface area contributed by atoms with Gasteiger partial charge >= 0.3 is 23.9 Å². The van der Waals surface area contributed by atoms with Crippen LogP contribution in [0.4, 0.5) is 0 Å². The predicted molar refractivity (Wildman–Crippen MR) is 140 cm³/mol. The molecule has 0 radical (unpaired) electrons. The summed E-state index contributed by atoms with van der Waals surface area (Å²) in [6.45, 7) is 8.14. The zero-order chi connectivity index (χ0) is 28.1. The van der Waals surface area contributed by atoms with Crippen LogP contribution in [-0.4, -0.2) is 58.5 Å². The topological polar surface area (TPSA) is 151 Å². The van der Waals surface area contributed by atoms with E-state index in [-0.39, 0.29) is 12.2 Å². The minimum Gasteiger partial charge on any atom is -0.478 e. The third-order valence-corrected chi connectivity index (χ3v) is 4.58. The van der Waals surface area contributed by atoms with Gasteiger partial charge in [-0.25, -0.2) is 19.2 Å². The Morgan fingerprint density at radius 3 is 2.16 bits per heavy atom. The Balaban J connectivity index is 0.000000559. The third-order valence-electron chi connectivity index (χ3n) is 4.58. The van der Waals surface area contributed by atoms with Crippen LogP contribution in [0, 0.1) is 0 Å². The lowest BCUT2D eigenvalue weighted by molar-refractivity contribution is -0.138. The number of benzene rings is 1. The Hall–Kier alpha value is -3.98. The normalized spacial score (nSPS) is 14.1. The molecule has 1 fully saturated rings. The van der Waals surface area contributed by atoms with Crippen molar-refractivity contribution >= 4 is 30.0 Å². The number of epoxide rings is 1. The largest absolute Gasteiger partial charge is 0.478 e. The van der Waals surface area contributed by atoms with Gasteiger partial charge in [0.15, 0.2) is 0 Å². The van der Waals surface area contributed by atoms with Crippen LogP contribution in [0.15, 0.2) is 72.4 Å². The van der Waals surface area contributed by atoms with E-state index in [1.165, 1.54) is 0 Å². The number of ether oxygens (including phenoxy) is 2. The van der Waals surface area contributed by atoms with Gasteiger partial charge in [-0.3, -0.25) is 0 Å². The van der Waals surface area contributed by atoms with Crippen LogP contribution in [0.25, 0.3) is 6.08 Å². The van der Waals surface area contributed by atoms with Crippen LogP contribution >= 0.6 is 0 Å². The lowest BCUT2D eigenvalue weighted by Gasteiger charge is -1.98. The number of esters is 1. The lowest BCUT2D eigenvalue weighted by Crippen LogP contribution is -2.00. The monoisotopic (exact) mass is 516 g/mol. The Morgan fingerprint density at radius 2 is 1.68 bits per heavy atom. The molecule has 2 rings (SSSR count). The van der Waals surface area contributed by atoms with Gasteiger partial charge in [-0.1, -0.05) is 68.5 Å². The van der Waals surface area contributed by atoms with Gasteiger partial charge in [0, 0.05) is 23.3 Å². The standard InChI is InChI=1S/C15H18O2.C7H10O3.C6H8O4/c1-2-3-11-14(15(16)17)12-7-10-13-8-5-4-6-9-13;1-5(7(8)9)2-3-6-4-10-6;1-2-10-6(9)4-3-5(7)8/h4-10,12H,2-3,11H2,1H3,(H,16,17);6H,1-4H2,(H,8,9);3-4H,2H2,1H3,(H,7,8). The Kier molecular flexibility index (Phi) is 18.1. The fourth-order valence-corrected chi connectivity index (χ4v) is 2.47. The number of hydrogen-bond acceptors (Lipinski definition) is 6. The molecule has 202 valence electrons. The minimum absolute atomic E-state index is 0.253. The molecule has 1 aromatic rings. The molecule has 1 heterocycles. The summed E-state index contributed by atoms with van der Waals surface area (Å²) in [6.07, 6.45) is 11.2. The number of hydrogen-bond donors (Lipinski definition) is 3. The number of aliphatic carboxylic acids is 3. The Morgan fingerprint density at radius 1 is 1.03 bits per heavy atom. The Bertz CT molecular complexity index is 955. The molecule has 37 heavy (non-hydrogen) atoms. The molecule has 1 atom stereocenters. The van der Waals surface area contributed by atoms with E-state index in [2.05, 4.69) is 18.2 Å². The van der Waals surface area contributed by atoms with Crippen molar-refractivity contribution in [3.8, 4) is 0 Å². The van der Waals surface area contributed by atoms with Crippen LogP contribution < -0.4 is 0 Å². The quantitative estimate of drug-likeness (QED) is 0.144. The highest BCUT2D eigenvalue weighted by atomic mass is 16.6. The number of carboxylic acids is 3. The number of carboxylic acid groups (broad SMARTS) is 3. The molecular weight excluding hydrogens is 480 g/mol. The molecule has 0 spiro atoms. The van der Waals surface area contributed by atoms with Gasteiger partial charge in [0.1, 0.15) is 0 Å². The van der Waals surface area contributed by atoms with Crippen molar-refractivity contribution < 1.29 is 44.0 Å². The van der Waals surface area contributed by atoms with E-state index in [0.717, 1.165) is 43.6 Å². The first-order chi connectivity index (χ1) is 17.6. The van der Waals surface area contributed by atoms with E-state index in [1.54, 1.807) is 19.1 Å². The van der Waals surface area contributed by atoms with Gasteiger partial charge in [-0.15, -0.1) is 0 Å². The van der Waals surface area contributed by atoms with Crippen molar-refractivity contribution in [2.45, 2.75) is 52.1 Å². The number of carbonyl (C=O) groups is 4. The summed E-state index contributed by atoms with van der Waals surface area (Å²) in [5, 5.41) is 25.4. The fourth-order valence-electron chi connectivity index (χ4n) is 2.47. The molecule has 0 aliphatic carbocycles. The highest BCUT2D eigenvalue weighted by molar-refractivity contribution is 5.90. The average molecular weight is 517 g/mol. The maximum atomic E-state index is 10.9. The molecule has 1 unspecified atom stereocenters. The van der Waals surface area contributed by atoms with Gasteiger partial charge in [-0.05, 0) is 38.2 Å². The van der Waals surface area contributed by atoms with Gasteiger partial charge in [0.2, 0.25) is 0 Å². The maximum absolute atomic E-state index is 10.9. The zero-order valence-electron chi connectivity index (χ0n) is 21.3. The van der Waals surface area contributed by atoms with E-state index < -0.39 is 23.9 Å². The van der Waals surface area contributed by atoms with Crippen LogP contribution in [0.3, 0.4) is 0 Å². The predicted octanol–water partition coefficient (Wildman–Crippen LogP) is 4.90.